The van der Waals surface area contributed by atoms with Gasteiger partial charge in [0.05, 0.1) is 0 Å². The van der Waals surface area contributed by atoms with Crippen molar-refractivity contribution >= 4 is 61.8 Å². The lowest BCUT2D eigenvalue weighted by molar-refractivity contribution is 1.19. The van der Waals surface area contributed by atoms with Crippen LogP contribution in [0.1, 0.15) is 10.4 Å². The summed E-state index contributed by atoms with van der Waals surface area (Å²) >= 11 is 16.1. The highest BCUT2D eigenvalue weighted by atomic mass is 79.9. The maximum absolute atomic E-state index is 5.98. The molecule has 0 aliphatic rings. The van der Waals surface area contributed by atoms with Gasteiger partial charge in [-0.15, -0.1) is 11.3 Å². The first kappa shape index (κ1) is 13.8. The van der Waals surface area contributed by atoms with Gasteiger partial charge in [-0.2, -0.15) is 0 Å². The van der Waals surface area contributed by atoms with E-state index in [2.05, 4.69) is 27.3 Å². The van der Waals surface area contributed by atoms with Gasteiger partial charge in [0.2, 0.25) is 0 Å². The zero-order valence-electron chi connectivity index (χ0n) is 9.24. The second-order valence-electron chi connectivity index (χ2n) is 3.64. The van der Waals surface area contributed by atoms with Gasteiger partial charge in [-0.3, -0.25) is 0 Å². The van der Waals surface area contributed by atoms with Crippen LogP contribution in [-0.4, -0.2) is 4.99 Å². The highest BCUT2D eigenvalue weighted by molar-refractivity contribution is 9.10. The number of hydrogen-bond donors (Lipinski definition) is 2. The molecular formula is C12H10BrClN2S2. The van der Waals surface area contributed by atoms with Crippen molar-refractivity contribution in [1.29, 1.82) is 0 Å². The minimum Gasteiger partial charge on any atom is -0.389 e. The summed E-state index contributed by atoms with van der Waals surface area (Å²) in [6.45, 7) is 0.715. The Morgan fingerprint density at radius 1 is 1.44 bits per heavy atom. The second kappa shape index (κ2) is 6.02. The van der Waals surface area contributed by atoms with Gasteiger partial charge in [-0.1, -0.05) is 23.8 Å². The molecule has 1 heterocycles. The predicted octanol–water partition coefficient (Wildman–Crippen LogP) is 4.41. The third-order valence-corrected chi connectivity index (χ3v) is 4.47. The Balaban J connectivity index is 2.17. The average molecular weight is 362 g/mol. The van der Waals surface area contributed by atoms with Crippen molar-refractivity contribution in [3.63, 3.8) is 0 Å². The zero-order chi connectivity index (χ0) is 13.1. The molecule has 0 saturated carbocycles. The fourth-order valence-electron chi connectivity index (χ4n) is 1.51. The molecule has 18 heavy (non-hydrogen) atoms. The molecule has 0 bridgehead atoms. The van der Waals surface area contributed by atoms with Crippen molar-refractivity contribution in [3.05, 3.63) is 49.6 Å². The SMILES string of the molecule is NC(=S)c1ccc(Cl)cc1NCc1cc(Br)cs1. The Hall–Kier alpha value is -0.620. The van der Waals surface area contributed by atoms with E-state index in [0.29, 0.717) is 16.6 Å². The standard InChI is InChI=1S/C12H10BrClN2S2/c13-7-3-9(18-6-7)5-16-11-4-8(14)1-2-10(11)12(15)17/h1-4,6,16H,5H2,(H2,15,17). The van der Waals surface area contributed by atoms with Crippen LogP contribution in [0.15, 0.2) is 34.1 Å². The van der Waals surface area contributed by atoms with Crippen LogP contribution in [0.25, 0.3) is 0 Å². The van der Waals surface area contributed by atoms with E-state index in [4.69, 9.17) is 29.6 Å². The summed E-state index contributed by atoms with van der Waals surface area (Å²) in [5.41, 5.74) is 7.35. The summed E-state index contributed by atoms with van der Waals surface area (Å²) < 4.78 is 1.09. The molecule has 94 valence electrons. The Morgan fingerprint density at radius 2 is 2.22 bits per heavy atom. The Labute approximate surface area is 128 Å². The molecule has 6 heteroatoms. The maximum Gasteiger partial charge on any atom is 0.106 e. The van der Waals surface area contributed by atoms with Gasteiger partial charge in [0.15, 0.2) is 0 Å². The van der Waals surface area contributed by atoms with E-state index in [1.165, 1.54) is 4.88 Å². The third-order valence-electron chi connectivity index (χ3n) is 2.32. The van der Waals surface area contributed by atoms with Gasteiger partial charge in [0, 0.05) is 37.5 Å². The predicted molar refractivity (Wildman–Crippen MR) is 86.7 cm³/mol. The fourth-order valence-corrected chi connectivity index (χ4v) is 3.25. The number of benzene rings is 1. The quantitative estimate of drug-likeness (QED) is 0.792. The maximum atomic E-state index is 5.98. The van der Waals surface area contributed by atoms with E-state index in [1.54, 1.807) is 17.4 Å². The number of nitrogens with one attached hydrogen (secondary N) is 1. The lowest BCUT2D eigenvalue weighted by Gasteiger charge is -2.10. The summed E-state index contributed by atoms with van der Waals surface area (Å²) in [7, 11) is 0. The number of thiophene rings is 1. The van der Waals surface area contributed by atoms with Gasteiger partial charge < -0.3 is 11.1 Å². The molecule has 0 radical (unpaired) electrons. The molecule has 0 aliphatic heterocycles. The summed E-state index contributed by atoms with van der Waals surface area (Å²) in [5.74, 6) is 0. The van der Waals surface area contributed by atoms with Crippen LogP contribution in [0.2, 0.25) is 5.02 Å². The molecule has 0 unspecified atom stereocenters. The van der Waals surface area contributed by atoms with Gasteiger partial charge >= 0.3 is 0 Å². The molecule has 2 nitrogen and oxygen atoms in total. The Kier molecular flexibility index (Phi) is 4.61. The summed E-state index contributed by atoms with van der Waals surface area (Å²) in [6, 6.07) is 7.52. The molecule has 2 aromatic rings. The van der Waals surface area contributed by atoms with Gasteiger partial charge in [0.25, 0.3) is 0 Å². The molecule has 0 fully saturated rings. The topological polar surface area (TPSA) is 38.0 Å². The molecule has 0 atom stereocenters. The van der Waals surface area contributed by atoms with Crippen molar-refractivity contribution in [2.45, 2.75) is 6.54 Å². The monoisotopic (exact) mass is 360 g/mol. The van der Waals surface area contributed by atoms with E-state index >= 15 is 0 Å². The summed E-state index contributed by atoms with van der Waals surface area (Å²) in [6.07, 6.45) is 0. The number of halogens is 2. The molecule has 1 aromatic carbocycles. The lowest BCUT2D eigenvalue weighted by Crippen LogP contribution is -2.13. The number of hydrogen-bond acceptors (Lipinski definition) is 3. The highest BCUT2D eigenvalue weighted by Crippen LogP contribution is 2.24. The first-order valence-electron chi connectivity index (χ1n) is 5.12. The Morgan fingerprint density at radius 3 is 2.83 bits per heavy atom. The molecule has 0 spiro atoms. The lowest BCUT2D eigenvalue weighted by atomic mass is 10.1. The summed E-state index contributed by atoms with van der Waals surface area (Å²) in [4.78, 5) is 1.58. The smallest absolute Gasteiger partial charge is 0.106 e. The van der Waals surface area contributed by atoms with Crippen molar-refractivity contribution in [2.75, 3.05) is 5.32 Å². The minimum absolute atomic E-state index is 0.363. The van der Waals surface area contributed by atoms with E-state index in [0.717, 1.165) is 15.7 Å². The van der Waals surface area contributed by atoms with Crippen LogP contribution in [0.5, 0.6) is 0 Å². The minimum atomic E-state index is 0.363. The van der Waals surface area contributed by atoms with Crippen LogP contribution in [0, 0.1) is 0 Å². The van der Waals surface area contributed by atoms with E-state index in [1.807, 2.05) is 17.5 Å². The molecular weight excluding hydrogens is 352 g/mol. The van der Waals surface area contributed by atoms with Crippen molar-refractivity contribution in [1.82, 2.24) is 0 Å². The molecule has 0 saturated heterocycles. The van der Waals surface area contributed by atoms with Crippen LogP contribution < -0.4 is 11.1 Å². The van der Waals surface area contributed by atoms with Crippen LogP contribution in [0.3, 0.4) is 0 Å². The zero-order valence-corrected chi connectivity index (χ0v) is 13.2. The molecule has 2 rings (SSSR count). The molecule has 0 aliphatic carbocycles. The van der Waals surface area contributed by atoms with Crippen LogP contribution >= 0.6 is 51.1 Å². The van der Waals surface area contributed by atoms with Crippen molar-refractivity contribution in [2.24, 2.45) is 5.73 Å². The molecule has 1 aromatic heterocycles. The molecule has 3 N–H and O–H groups in total. The summed E-state index contributed by atoms with van der Waals surface area (Å²) in [5, 5.41) is 6.01. The number of nitrogens with two attached hydrogens (primary N) is 1. The normalized spacial score (nSPS) is 10.3. The number of rotatable bonds is 4. The largest absolute Gasteiger partial charge is 0.389 e. The van der Waals surface area contributed by atoms with Gasteiger partial charge in [0.1, 0.15) is 4.99 Å². The van der Waals surface area contributed by atoms with Crippen LogP contribution in [-0.2, 0) is 6.54 Å². The first-order chi connectivity index (χ1) is 8.56. The highest BCUT2D eigenvalue weighted by Gasteiger charge is 2.06. The first-order valence-corrected chi connectivity index (χ1v) is 7.58. The molecule has 0 amide bonds. The second-order valence-corrected chi connectivity index (χ2v) is 6.43. The van der Waals surface area contributed by atoms with E-state index in [-0.39, 0.29) is 0 Å². The average Bonchev–Trinajstić information content (AvgIpc) is 2.72. The van der Waals surface area contributed by atoms with Crippen molar-refractivity contribution in [3.8, 4) is 0 Å². The Bertz CT molecular complexity index is 583. The number of anilines is 1. The number of thiocarbonyl (C=S) groups is 1. The van der Waals surface area contributed by atoms with E-state index in [9.17, 15) is 0 Å². The van der Waals surface area contributed by atoms with Crippen molar-refractivity contribution < 1.29 is 0 Å². The van der Waals surface area contributed by atoms with Crippen LogP contribution in [0.4, 0.5) is 5.69 Å². The fraction of sp³-hybridized carbons (Fsp3) is 0.0833. The van der Waals surface area contributed by atoms with Gasteiger partial charge in [-0.25, -0.2) is 0 Å². The van der Waals surface area contributed by atoms with E-state index < -0.39 is 0 Å². The third kappa shape index (κ3) is 3.45. The van der Waals surface area contributed by atoms with Gasteiger partial charge in [-0.05, 0) is 40.2 Å².